The lowest BCUT2D eigenvalue weighted by Gasteiger charge is -2.37. The van der Waals surface area contributed by atoms with Gasteiger partial charge in [0.25, 0.3) is 5.91 Å². The molecule has 1 unspecified atom stereocenters. The van der Waals surface area contributed by atoms with Crippen LogP contribution in [0.3, 0.4) is 0 Å². The van der Waals surface area contributed by atoms with Gasteiger partial charge in [-0.2, -0.15) is 0 Å². The smallest absolute Gasteiger partial charge is 0.325 e. The monoisotopic (exact) mass is 445 g/mol. The number of imide groups is 1. The standard InChI is InChI=1S/C25H27N5O3/c1-2-28-15-21-23(27-28)24(32)30(14-17-7-4-3-5-8-17)25(33)29(21)16-22(31)26-20-12-11-18-9-6-10-19(18)13-20/h3-5,7-8,11-13,15,23,27H,2,6,9-10,14,16H2,1H3,(H,26,31). The van der Waals surface area contributed by atoms with E-state index in [1.807, 2.05) is 49.4 Å². The SMILES string of the molecule is CCN1C=C2C(N1)C(=O)N(Cc1ccccc1)C(=O)N2CC(=O)Nc1ccc2c(c1)CCC2. The summed E-state index contributed by atoms with van der Waals surface area (Å²) < 4.78 is 0. The van der Waals surface area contributed by atoms with Gasteiger partial charge in [-0.25, -0.2) is 10.2 Å². The molecule has 0 bridgehead atoms. The summed E-state index contributed by atoms with van der Waals surface area (Å²) in [4.78, 5) is 42.1. The van der Waals surface area contributed by atoms with Crippen molar-refractivity contribution in [3.63, 3.8) is 0 Å². The van der Waals surface area contributed by atoms with Crippen molar-refractivity contribution in [1.29, 1.82) is 0 Å². The zero-order chi connectivity index (χ0) is 22.9. The predicted octanol–water partition coefficient (Wildman–Crippen LogP) is 2.63. The Labute approximate surface area is 192 Å². The number of carbonyl (C=O) groups excluding carboxylic acids is 3. The van der Waals surface area contributed by atoms with E-state index < -0.39 is 12.1 Å². The molecule has 2 N–H and O–H groups in total. The second-order valence-corrected chi connectivity index (χ2v) is 8.57. The van der Waals surface area contributed by atoms with E-state index in [2.05, 4.69) is 16.8 Å². The normalized spacial score (nSPS) is 19.5. The van der Waals surface area contributed by atoms with E-state index in [4.69, 9.17) is 0 Å². The summed E-state index contributed by atoms with van der Waals surface area (Å²) in [5.74, 6) is -0.619. The Hall–Kier alpha value is -3.65. The number of carbonyl (C=O) groups is 3. The molecule has 2 aliphatic heterocycles. The van der Waals surface area contributed by atoms with Crippen LogP contribution in [0.1, 0.15) is 30.0 Å². The quantitative estimate of drug-likeness (QED) is 0.714. The van der Waals surface area contributed by atoms with Crippen molar-refractivity contribution in [3.8, 4) is 0 Å². The van der Waals surface area contributed by atoms with Crippen molar-refractivity contribution in [1.82, 2.24) is 20.2 Å². The van der Waals surface area contributed by atoms with Crippen LogP contribution in [-0.2, 0) is 29.0 Å². The minimum Gasteiger partial charge on any atom is -0.325 e. The predicted molar refractivity (Wildman–Crippen MR) is 124 cm³/mol. The van der Waals surface area contributed by atoms with Crippen molar-refractivity contribution in [2.45, 2.75) is 38.8 Å². The lowest BCUT2D eigenvalue weighted by Crippen LogP contribution is -2.61. The van der Waals surface area contributed by atoms with Crippen LogP contribution in [0.25, 0.3) is 0 Å². The Morgan fingerprint density at radius 2 is 1.85 bits per heavy atom. The van der Waals surface area contributed by atoms with Crippen LogP contribution in [0.5, 0.6) is 0 Å². The van der Waals surface area contributed by atoms with E-state index in [-0.39, 0.29) is 24.9 Å². The number of amides is 4. The Morgan fingerprint density at radius 1 is 1.06 bits per heavy atom. The first-order valence-electron chi connectivity index (χ1n) is 11.4. The molecule has 3 aliphatic rings. The molecule has 1 atom stereocenters. The maximum Gasteiger partial charge on any atom is 0.331 e. The summed E-state index contributed by atoms with van der Waals surface area (Å²) in [6.07, 6.45) is 4.97. The number of nitrogens with one attached hydrogen (secondary N) is 2. The van der Waals surface area contributed by atoms with Gasteiger partial charge in [0, 0.05) is 18.4 Å². The molecular formula is C25H27N5O3. The molecule has 0 aromatic heterocycles. The Morgan fingerprint density at radius 3 is 2.64 bits per heavy atom. The molecule has 8 nitrogen and oxygen atoms in total. The number of hydrazine groups is 1. The highest BCUT2D eigenvalue weighted by Gasteiger charge is 2.46. The first-order valence-corrected chi connectivity index (χ1v) is 11.4. The summed E-state index contributed by atoms with van der Waals surface area (Å²) in [6, 6.07) is 14.2. The molecule has 1 aliphatic carbocycles. The van der Waals surface area contributed by atoms with Crippen LogP contribution in [0.2, 0.25) is 0 Å². The minimum absolute atomic E-state index is 0.152. The van der Waals surface area contributed by atoms with Crippen LogP contribution < -0.4 is 10.7 Å². The highest BCUT2D eigenvalue weighted by molar-refractivity contribution is 6.05. The molecule has 1 saturated heterocycles. The maximum atomic E-state index is 13.4. The van der Waals surface area contributed by atoms with E-state index in [1.165, 1.54) is 20.9 Å². The third kappa shape index (κ3) is 4.09. The van der Waals surface area contributed by atoms with E-state index in [1.54, 1.807) is 11.2 Å². The summed E-state index contributed by atoms with van der Waals surface area (Å²) in [7, 11) is 0. The van der Waals surface area contributed by atoms with Crippen LogP contribution in [0.15, 0.2) is 60.4 Å². The van der Waals surface area contributed by atoms with Gasteiger partial charge in [0.05, 0.1) is 12.2 Å². The molecule has 2 aromatic rings. The topological polar surface area (TPSA) is 85.0 Å². The van der Waals surface area contributed by atoms with Gasteiger partial charge in [-0.3, -0.25) is 19.4 Å². The Kier molecular flexibility index (Phi) is 5.60. The summed E-state index contributed by atoms with van der Waals surface area (Å²) in [5, 5.41) is 4.69. The Balaban J connectivity index is 1.37. The fraction of sp³-hybridized carbons (Fsp3) is 0.320. The zero-order valence-electron chi connectivity index (χ0n) is 18.6. The van der Waals surface area contributed by atoms with Crippen LogP contribution in [0, 0.1) is 0 Å². The van der Waals surface area contributed by atoms with Gasteiger partial charge >= 0.3 is 6.03 Å². The lowest BCUT2D eigenvalue weighted by atomic mass is 10.1. The number of hydrogen-bond donors (Lipinski definition) is 2. The fourth-order valence-electron chi connectivity index (χ4n) is 4.66. The first kappa shape index (κ1) is 21.2. The lowest BCUT2D eigenvalue weighted by molar-refractivity contribution is -0.133. The van der Waals surface area contributed by atoms with Crippen molar-refractivity contribution in [3.05, 3.63) is 77.1 Å². The number of urea groups is 1. The summed E-state index contributed by atoms with van der Waals surface area (Å²) >= 11 is 0. The molecule has 1 fully saturated rings. The van der Waals surface area contributed by atoms with Gasteiger partial charge in [0.1, 0.15) is 12.6 Å². The molecule has 2 heterocycles. The van der Waals surface area contributed by atoms with Crippen LogP contribution >= 0.6 is 0 Å². The van der Waals surface area contributed by atoms with E-state index >= 15 is 0 Å². The number of aryl methyl sites for hydroxylation is 2. The third-order valence-corrected chi connectivity index (χ3v) is 6.37. The number of nitrogens with zero attached hydrogens (tertiary/aromatic N) is 3. The highest BCUT2D eigenvalue weighted by atomic mass is 16.2. The average Bonchev–Trinajstić information content (AvgIpc) is 3.47. The summed E-state index contributed by atoms with van der Waals surface area (Å²) in [5.41, 5.74) is 7.81. The van der Waals surface area contributed by atoms with E-state index in [9.17, 15) is 14.4 Å². The molecule has 0 radical (unpaired) electrons. The van der Waals surface area contributed by atoms with Gasteiger partial charge in [0.15, 0.2) is 0 Å². The highest BCUT2D eigenvalue weighted by Crippen LogP contribution is 2.28. The number of hydrogen-bond acceptors (Lipinski definition) is 5. The molecule has 0 saturated carbocycles. The molecule has 2 aromatic carbocycles. The number of benzene rings is 2. The van der Waals surface area contributed by atoms with Gasteiger partial charge in [0.2, 0.25) is 5.91 Å². The van der Waals surface area contributed by atoms with Gasteiger partial charge in [-0.15, -0.1) is 0 Å². The number of fused-ring (bicyclic) bond motifs is 2. The van der Waals surface area contributed by atoms with Crippen molar-refractivity contribution >= 4 is 23.5 Å². The summed E-state index contributed by atoms with van der Waals surface area (Å²) in [6.45, 7) is 2.55. The van der Waals surface area contributed by atoms with E-state index in [0.717, 1.165) is 30.5 Å². The number of anilines is 1. The second-order valence-electron chi connectivity index (χ2n) is 8.57. The molecule has 4 amide bonds. The Bertz CT molecular complexity index is 1130. The third-order valence-electron chi connectivity index (χ3n) is 6.37. The molecule has 8 heteroatoms. The molecule has 170 valence electrons. The number of rotatable bonds is 6. The zero-order valence-corrected chi connectivity index (χ0v) is 18.6. The van der Waals surface area contributed by atoms with Gasteiger partial charge < -0.3 is 10.3 Å². The van der Waals surface area contributed by atoms with Crippen LogP contribution in [0.4, 0.5) is 10.5 Å². The molecule has 5 rings (SSSR count). The average molecular weight is 446 g/mol. The van der Waals surface area contributed by atoms with Crippen molar-refractivity contribution < 1.29 is 14.4 Å². The van der Waals surface area contributed by atoms with Crippen molar-refractivity contribution in [2.24, 2.45) is 0 Å². The van der Waals surface area contributed by atoms with Crippen LogP contribution in [-0.4, -0.2) is 51.8 Å². The van der Waals surface area contributed by atoms with Gasteiger partial charge in [-0.1, -0.05) is 36.4 Å². The van der Waals surface area contributed by atoms with E-state index in [0.29, 0.717) is 12.2 Å². The maximum absolute atomic E-state index is 13.4. The van der Waals surface area contributed by atoms with Crippen molar-refractivity contribution in [2.75, 3.05) is 18.4 Å². The van der Waals surface area contributed by atoms with Gasteiger partial charge in [-0.05, 0) is 55.0 Å². The first-order chi connectivity index (χ1) is 16.0. The fourth-order valence-corrected chi connectivity index (χ4v) is 4.66. The molecular weight excluding hydrogens is 418 g/mol. The molecule has 0 spiro atoms. The molecule has 33 heavy (non-hydrogen) atoms. The second kappa shape index (κ2) is 8.71. The minimum atomic E-state index is -0.695. The largest absolute Gasteiger partial charge is 0.331 e.